The Morgan fingerprint density at radius 1 is 1.50 bits per heavy atom. The van der Waals surface area contributed by atoms with Gasteiger partial charge in [0.2, 0.25) is 5.91 Å². The van der Waals surface area contributed by atoms with Gasteiger partial charge in [0.25, 0.3) is 0 Å². The molecule has 0 fully saturated rings. The largest absolute Gasteiger partial charge is 0.544 e. The number of carbonyl (C=O) groups excluding carboxylic acids is 2. The van der Waals surface area contributed by atoms with Crippen molar-refractivity contribution in [3.63, 3.8) is 0 Å². The number of nitrogens with one attached hydrogen (secondary N) is 1. The summed E-state index contributed by atoms with van der Waals surface area (Å²) in [5.74, 6) is -1.18. The van der Waals surface area contributed by atoms with Gasteiger partial charge in [0.1, 0.15) is 11.8 Å². The van der Waals surface area contributed by atoms with Crippen molar-refractivity contribution < 1.29 is 30.5 Å². The van der Waals surface area contributed by atoms with Gasteiger partial charge in [0.05, 0.1) is 37.6 Å². The average molecular weight is 331 g/mol. The van der Waals surface area contributed by atoms with Crippen molar-refractivity contribution >= 4 is 29.2 Å². The van der Waals surface area contributed by atoms with Crippen molar-refractivity contribution in [3.8, 4) is 5.75 Å². The highest BCUT2D eigenvalue weighted by atomic mass is 35.5. The number of aliphatic carboxylic acids is 1. The number of carboxylic acids is 1. The number of hydrogen-bond donors (Lipinski definition) is 3. The maximum Gasteiger partial charge on any atom is 0.230 e. The number of rotatable bonds is 9. The maximum absolute atomic E-state index is 11.9. The lowest BCUT2D eigenvalue weighted by Gasteiger charge is -2.16. The van der Waals surface area contributed by atoms with Crippen molar-refractivity contribution in [3.05, 3.63) is 23.2 Å². The van der Waals surface area contributed by atoms with Crippen LogP contribution in [-0.2, 0) is 9.59 Å². The molecule has 122 valence electrons. The summed E-state index contributed by atoms with van der Waals surface area (Å²) in [7, 11) is 1.49. The molecule has 0 aliphatic heterocycles. The van der Waals surface area contributed by atoms with Gasteiger partial charge in [-0.15, -0.1) is 0 Å². The van der Waals surface area contributed by atoms with Crippen molar-refractivity contribution in [2.75, 3.05) is 25.5 Å². The van der Waals surface area contributed by atoms with E-state index in [0.29, 0.717) is 29.5 Å². The standard InChI is InChI=1S/C14H20ClN3O4/c1-22-12-4-3-9(7-10(12)15)18-13(19)8-11(14(20)21)17-6-2-5-16/h3-4,7,11,17H,2,5-6,8,16H2,1H3,(H,18,19)(H,20,21)/p+1/t11-/m0/s1. The number of ether oxygens (including phenoxy) is 1. The molecule has 0 aromatic heterocycles. The fourth-order valence-corrected chi connectivity index (χ4v) is 2.14. The zero-order valence-electron chi connectivity index (χ0n) is 12.4. The second-order valence-corrected chi connectivity index (χ2v) is 5.17. The molecule has 6 N–H and O–H groups in total. The minimum absolute atomic E-state index is 0.177. The number of anilines is 1. The van der Waals surface area contributed by atoms with E-state index in [1.807, 2.05) is 0 Å². The second kappa shape index (κ2) is 9.24. The lowest BCUT2D eigenvalue weighted by molar-refractivity contribution is -0.684. The van der Waals surface area contributed by atoms with E-state index in [2.05, 4.69) is 11.1 Å². The summed E-state index contributed by atoms with van der Waals surface area (Å²) in [5.41, 5.74) is 4.16. The smallest absolute Gasteiger partial charge is 0.230 e. The Balaban J connectivity index is 2.59. The van der Waals surface area contributed by atoms with E-state index < -0.39 is 17.9 Å². The molecular formula is C14H21ClN3O4+. The number of hydrogen-bond acceptors (Lipinski definition) is 4. The molecule has 1 atom stereocenters. The molecule has 7 nitrogen and oxygen atoms in total. The van der Waals surface area contributed by atoms with Gasteiger partial charge >= 0.3 is 0 Å². The highest BCUT2D eigenvalue weighted by molar-refractivity contribution is 6.32. The summed E-state index contributed by atoms with van der Waals surface area (Å²) in [6.45, 7) is 1.30. The summed E-state index contributed by atoms with van der Waals surface area (Å²) in [6.07, 6.45) is 0.600. The summed E-state index contributed by atoms with van der Waals surface area (Å²) in [4.78, 5) is 23.0. The Morgan fingerprint density at radius 3 is 2.77 bits per heavy atom. The molecule has 0 aliphatic carbocycles. The van der Waals surface area contributed by atoms with Gasteiger partial charge in [-0.3, -0.25) is 4.79 Å². The lowest BCUT2D eigenvalue weighted by atomic mass is 10.2. The van der Waals surface area contributed by atoms with Crippen molar-refractivity contribution in [1.82, 2.24) is 0 Å². The summed E-state index contributed by atoms with van der Waals surface area (Å²) >= 11 is 5.96. The number of benzene rings is 1. The van der Waals surface area contributed by atoms with E-state index in [-0.39, 0.29) is 6.42 Å². The molecule has 0 bridgehead atoms. The van der Waals surface area contributed by atoms with Crippen LogP contribution in [-0.4, -0.2) is 38.1 Å². The number of amides is 1. The average Bonchev–Trinajstić information content (AvgIpc) is 2.46. The second-order valence-electron chi connectivity index (χ2n) is 4.76. The van der Waals surface area contributed by atoms with Crippen LogP contribution in [0, 0.1) is 0 Å². The predicted molar refractivity (Wildman–Crippen MR) is 79.2 cm³/mol. The number of carboxylic acid groups (broad SMARTS) is 1. The van der Waals surface area contributed by atoms with Crippen LogP contribution in [0.3, 0.4) is 0 Å². The van der Waals surface area contributed by atoms with E-state index in [1.54, 1.807) is 23.5 Å². The fourth-order valence-electron chi connectivity index (χ4n) is 1.88. The molecule has 0 unspecified atom stereocenters. The Bertz CT molecular complexity index is 525. The van der Waals surface area contributed by atoms with Gasteiger partial charge in [0, 0.05) is 12.1 Å². The third-order valence-corrected chi connectivity index (χ3v) is 3.34. The highest BCUT2D eigenvalue weighted by Gasteiger charge is 2.18. The summed E-state index contributed by atoms with van der Waals surface area (Å²) in [6, 6.07) is 3.87. The monoisotopic (exact) mass is 330 g/mol. The van der Waals surface area contributed by atoms with Crippen LogP contribution in [0.5, 0.6) is 5.75 Å². The fraction of sp³-hybridized carbons (Fsp3) is 0.429. The van der Waals surface area contributed by atoms with E-state index >= 15 is 0 Å². The van der Waals surface area contributed by atoms with Crippen LogP contribution in [0.4, 0.5) is 5.69 Å². The zero-order chi connectivity index (χ0) is 16.5. The number of nitrogens with two attached hydrogens (primary N) is 1. The Labute approximate surface area is 133 Å². The first kappa shape index (κ1) is 18.2. The van der Waals surface area contributed by atoms with Gasteiger partial charge in [-0.1, -0.05) is 11.6 Å². The normalized spacial score (nSPS) is 11.8. The van der Waals surface area contributed by atoms with Crippen LogP contribution in [0.25, 0.3) is 0 Å². The molecule has 0 radical (unpaired) electrons. The van der Waals surface area contributed by atoms with E-state index in [4.69, 9.17) is 16.3 Å². The van der Waals surface area contributed by atoms with Crippen LogP contribution >= 0.6 is 11.6 Å². The van der Waals surface area contributed by atoms with Crippen molar-refractivity contribution in [2.24, 2.45) is 0 Å². The molecule has 0 heterocycles. The van der Waals surface area contributed by atoms with Crippen molar-refractivity contribution in [2.45, 2.75) is 18.9 Å². The summed E-state index contributed by atoms with van der Waals surface area (Å²) < 4.78 is 5.02. The van der Waals surface area contributed by atoms with Gasteiger partial charge in [-0.2, -0.15) is 0 Å². The van der Waals surface area contributed by atoms with Crippen LogP contribution in [0.15, 0.2) is 18.2 Å². The minimum atomic E-state index is -1.26. The third kappa shape index (κ3) is 5.88. The first-order valence-corrected chi connectivity index (χ1v) is 7.32. The molecule has 1 aromatic carbocycles. The van der Waals surface area contributed by atoms with Crippen molar-refractivity contribution in [1.29, 1.82) is 0 Å². The Kier molecular flexibility index (Phi) is 7.65. The molecule has 8 heteroatoms. The molecule has 1 aromatic rings. The number of methoxy groups -OCH3 is 1. The van der Waals surface area contributed by atoms with Gasteiger partial charge in [-0.05, 0) is 18.2 Å². The van der Waals surface area contributed by atoms with Crippen LogP contribution in [0.1, 0.15) is 12.8 Å². The predicted octanol–water partition coefficient (Wildman–Crippen LogP) is -2.01. The number of carbonyl (C=O) groups is 2. The number of quaternary nitrogens is 2. The lowest BCUT2D eigenvalue weighted by Crippen LogP contribution is -2.93. The molecule has 22 heavy (non-hydrogen) atoms. The quantitative estimate of drug-likeness (QED) is 0.453. The molecule has 1 rings (SSSR count). The van der Waals surface area contributed by atoms with E-state index in [0.717, 1.165) is 6.42 Å². The maximum atomic E-state index is 11.9. The SMILES string of the molecule is COc1ccc(NC(=O)C[C@H]([NH2+]CCC[NH3+])C(=O)[O-])cc1Cl. The van der Waals surface area contributed by atoms with Crippen LogP contribution in [0.2, 0.25) is 5.02 Å². The van der Waals surface area contributed by atoms with E-state index in [1.165, 1.54) is 7.11 Å². The molecule has 0 spiro atoms. The molecular weight excluding hydrogens is 310 g/mol. The molecule has 0 aliphatic rings. The summed E-state index contributed by atoms with van der Waals surface area (Å²) in [5, 5.41) is 15.6. The topological polar surface area (TPSA) is 123 Å². The van der Waals surface area contributed by atoms with Gasteiger partial charge in [0.15, 0.2) is 0 Å². The highest BCUT2D eigenvalue weighted by Crippen LogP contribution is 2.27. The minimum Gasteiger partial charge on any atom is -0.544 e. The molecule has 1 amide bonds. The Hall–Kier alpha value is -1.83. The molecule has 0 saturated carbocycles. The first-order chi connectivity index (χ1) is 10.5. The van der Waals surface area contributed by atoms with Crippen LogP contribution < -0.4 is 26.2 Å². The third-order valence-electron chi connectivity index (χ3n) is 3.05. The molecule has 0 saturated heterocycles. The zero-order valence-corrected chi connectivity index (χ0v) is 13.2. The first-order valence-electron chi connectivity index (χ1n) is 6.94. The number of halogens is 1. The Morgan fingerprint density at radius 2 is 2.23 bits per heavy atom. The van der Waals surface area contributed by atoms with Gasteiger partial charge < -0.3 is 31.0 Å². The van der Waals surface area contributed by atoms with E-state index in [9.17, 15) is 14.7 Å². The van der Waals surface area contributed by atoms with Gasteiger partial charge in [-0.25, -0.2) is 0 Å².